The molecular formula is C65H76F3N11O14S. The molecule has 1 fully saturated rings. The van der Waals surface area contributed by atoms with E-state index in [4.69, 9.17) is 28.7 Å². The van der Waals surface area contributed by atoms with E-state index in [1.54, 1.807) is 58.9 Å². The molecule has 0 radical (unpaired) electrons. The lowest BCUT2D eigenvalue weighted by atomic mass is 9.98. The first-order valence-electron chi connectivity index (χ1n) is 30.7. The number of alkyl carbamates (subject to hydrolysis) is 2. The van der Waals surface area contributed by atoms with Gasteiger partial charge in [-0.25, -0.2) is 33.0 Å². The summed E-state index contributed by atoms with van der Waals surface area (Å²) < 4.78 is 102. The van der Waals surface area contributed by atoms with Crippen molar-refractivity contribution in [2.45, 2.75) is 102 Å². The molecule has 3 aromatic carbocycles. The quantitative estimate of drug-likeness (QED) is 0.0194. The molecule has 0 saturated carbocycles. The standard InChI is InChI=1S/C65H76F3N11O14S/c1-7-42-39-76(61(82)48-25-28-57(90-8-2)75-58(48)65(66,67)68)34-35-78(42)53-27-26-50(47-22-16-29-71-60(47)91-9-3)73-52(53)40-77(94(87,88)55-24-15-14-23-54(55)79(85)86)33-17-30-70-59(81)51(38-56(80)69-31-36-89-37-32-72-62(83)93-64(4,5)6)74-63(84)92-41-49-45-20-12-10-18-43(45)44-19-11-13-21-46(44)49/h10-16,18-29,42,49,51H,7-9,17,30-41H2,1-6H3,(H,69,80)(H,70,81)(H,72,83)(H,74,84)/t42-,51-/m1/s1. The van der Waals surface area contributed by atoms with Gasteiger partial charge in [0.15, 0.2) is 10.6 Å². The number of fused-ring (bicyclic) bond motifs is 3. The van der Waals surface area contributed by atoms with Gasteiger partial charge in [-0.3, -0.25) is 24.5 Å². The lowest BCUT2D eigenvalue weighted by Crippen LogP contribution is -2.55. The summed E-state index contributed by atoms with van der Waals surface area (Å²) in [5.41, 5.74) is 1.50. The number of rotatable bonds is 29. The second-order valence-electron chi connectivity index (χ2n) is 22.8. The van der Waals surface area contributed by atoms with Crippen molar-refractivity contribution < 1.29 is 74.2 Å². The third-order valence-corrected chi connectivity index (χ3v) is 17.1. The summed E-state index contributed by atoms with van der Waals surface area (Å²) in [4.78, 5) is 94.9. The third-order valence-electron chi connectivity index (χ3n) is 15.2. The number of ether oxygens (including phenoxy) is 5. The minimum Gasteiger partial charge on any atom is -0.478 e. The maximum absolute atomic E-state index is 15.2. The Bertz CT molecular complexity index is 3760. The minimum atomic E-state index is -5.00. The largest absolute Gasteiger partial charge is 0.478 e. The van der Waals surface area contributed by atoms with Gasteiger partial charge in [0.05, 0.1) is 72.5 Å². The molecule has 25 nitrogen and oxygen atoms in total. The van der Waals surface area contributed by atoms with Gasteiger partial charge in [-0.05, 0) is 106 Å². The topological polar surface area (TPSA) is 305 Å². The van der Waals surface area contributed by atoms with E-state index in [0.29, 0.717) is 17.7 Å². The Morgan fingerprint density at radius 2 is 1.45 bits per heavy atom. The van der Waals surface area contributed by atoms with Gasteiger partial charge < -0.3 is 54.8 Å². The summed E-state index contributed by atoms with van der Waals surface area (Å²) in [6.07, 6.45) is -5.55. The van der Waals surface area contributed by atoms with Gasteiger partial charge >= 0.3 is 18.4 Å². The summed E-state index contributed by atoms with van der Waals surface area (Å²) in [5, 5.41) is 23.0. The van der Waals surface area contributed by atoms with E-state index in [9.17, 15) is 47.3 Å². The van der Waals surface area contributed by atoms with Gasteiger partial charge in [0.2, 0.25) is 33.6 Å². The Morgan fingerprint density at radius 3 is 2.12 bits per heavy atom. The molecule has 2 aliphatic rings. The van der Waals surface area contributed by atoms with Crippen LogP contribution >= 0.6 is 0 Å². The Kier molecular flexibility index (Phi) is 23.9. The molecule has 2 atom stereocenters. The zero-order valence-electron chi connectivity index (χ0n) is 52.9. The fourth-order valence-corrected chi connectivity index (χ4v) is 12.6. The number of hydrogen-bond acceptors (Lipinski definition) is 18. The van der Waals surface area contributed by atoms with Crippen molar-refractivity contribution in [2.24, 2.45) is 0 Å². The first-order chi connectivity index (χ1) is 44.9. The van der Waals surface area contributed by atoms with Crippen LogP contribution in [0, 0.1) is 10.1 Å². The third kappa shape index (κ3) is 18.0. The maximum atomic E-state index is 15.2. The molecule has 5 amide bonds. The number of alkyl halides is 3. The summed E-state index contributed by atoms with van der Waals surface area (Å²) >= 11 is 0. The van der Waals surface area contributed by atoms with Crippen LogP contribution in [0.25, 0.3) is 22.4 Å². The average molecular weight is 1320 g/mol. The number of nitrogens with one attached hydrogen (secondary N) is 4. The molecule has 0 unspecified atom stereocenters. The average Bonchev–Trinajstić information content (AvgIpc) is 1.39. The number of halogens is 3. The van der Waals surface area contributed by atoms with Crippen LogP contribution in [-0.4, -0.2) is 164 Å². The minimum absolute atomic E-state index is 0.0123. The Hall–Kier alpha value is -9.48. The Balaban J connectivity index is 1.04. The number of hydrogen-bond donors (Lipinski definition) is 4. The van der Waals surface area contributed by atoms with Gasteiger partial charge in [-0.2, -0.15) is 17.5 Å². The SMILES string of the molecule is CCOc1ccc(C(=O)N2CCN(c3ccc(-c4cccnc4OCC)nc3CN(CCCNC(=O)[C@@H](CC(=O)NCCOCCNC(=O)OC(C)(C)C)NC(=O)OCC3c4ccccc4-c4ccccc43)S(=O)(=O)c3ccccc3[N+](=O)[O-])[C@H](CC)C2)c(C(F)(F)F)n1. The highest BCUT2D eigenvalue weighted by Gasteiger charge is 2.41. The molecule has 0 bridgehead atoms. The monoisotopic (exact) mass is 1320 g/mol. The summed E-state index contributed by atoms with van der Waals surface area (Å²) in [6.45, 7) is 9.24. The Morgan fingerprint density at radius 1 is 0.777 bits per heavy atom. The van der Waals surface area contributed by atoms with Gasteiger partial charge in [0, 0.05) is 76.1 Å². The number of nitro groups is 1. The van der Waals surface area contributed by atoms with Gasteiger partial charge in [-0.15, -0.1) is 0 Å². The summed E-state index contributed by atoms with van der Waals surface area (Å²) in [5.74, 6) is -2.88. The maximum Gasteiger partial charge on any atom is 0.434 e. The van der Waals surface area contributed by atoms with Crippen LogP contribution in [0.4, 0.5) is 34.1 Å². The number of carbonyl (C=O) groups is 5. The number of sulfonamides is 1. The number of pyridine rings is 3. The smallest absolute Gasteiger partial charge is 0.434 e. The number of para-hydroxylation sites is 1. The number of carbonyl (C=O) groups excluding carboxylic acids is 5. The molecule has 3 aromatic heterocycles. The highest BCUT2D eigenvalue weighted by Crippen LogP contribution is 2.45. The lowest BCUT2D eigenvalue weighted by Gasteiger charge is -2.43. The molecule has 4 N–H and O–H groups in total. The van der Waals surface area contributed by atoms with Crippen molar-refractivity contribution in [1.82, 2.24) is 45.4 Å². The second-order valence-corrected chi connectivity index (χ2v) is 24.7. The highest BCUT2D eigenvalue weighted by atomic mass is 32.2. The number of piperazine rings is 1. The first-order valence-corrected chi connectivity index (χ1v) is 32.1. The number of nitro benzene ring substituents is 1. The van der Waals surface area contributed by atoms with Gasteiger partial charge in [0.25, 0.3) is 11.6 Å². The van der Waals surface area contributed by atoms with Crippen molar-refractivity contribution in [3.8, 4) is 34.1 Å². The van der Waals surface area contributed by atoms with Crippen molar-refractivity contribution in [1.29, 1.82) is 0 Å². The zero-order valence-corrected chi connectivity index (χ0v) is 53.7. The molecule has 1 aliphatic heterocycles. The molecular weight excluding hydrogens is 1250 g/mol. The van der Waals surface area contributed by atoms with Crippen LogP contribution in [0.1, 0.15) is 99.6 Å². The van der Waals surface area contributed by atoms with Gasteiger partial charge in [-0.1, -0.05) is 67.6 Å². The van der Waals surface area contributed by atoms with Crippen LogP contribution in [0.5, 0.6) is 11.8 Å². The normalized spacial score (nSPS) is 14.3. The van der Waals surface area contributed by atoms with E-state index in [1.807, 2.05) is 60.4 Å². The highest BCUT2D eigenvalue weighted by molar-refractivity contribution is 7.89. The number of aromatic nitrogens is 3. The molecule has 4 heterocycles. The number of amides is 5. The van der Waals surface area contributed by atoms with E-state index in [2.05, 4.69) is 31.2 Å². The van der Waals surface area contributed by atoms with E-state index < -0.39 is 110 Å². The molecule has 1 aliphatic carbocycles. The van der Waals surface area contributed by atoms with Crippen LogP contribution < -0.4 is 35.6 Å². The van der Waals surface area contributed by atoms with Crippen LogP contribution in [-0.2, 0) is 46.5 Å². The number of anilines is 1. The van der Waals surface area contributed by atoms with E-state index >= 15 is 8.42 Å². The molecule has 94 heavy (non-hydrogen) atoms. The van der Waals surface area contributed by atoms with Crippen LogP contribution in [0.3, 0.4) is 0 Å². The lowest BCUT2D eigenvalue weighted by molar-refractivity contribution is -0.387. The van der Waals surface area contributed by atoms with Crippen molar-refractivity contribution in [2.75, 3.05) is 83.7 Å². The number of nitrogens with zero attached hydrogens (tertiary/aromatic N) is 7. The molecule has 502 valence electrons. The fraction of sp³-hybridized carbons (Fsp3) is 0.415. The molecule has 8 rings (SSSR count). The van der Waals surface area contributed by atoms with E-state index in [0.717, 1.165) is 44.8 Å². The van der Waals surface area contributed by atoms with Crippen LogP contribution in [0.2, 0.25) is 0 Å². The molecule has 6 aromatic rings. The van der Waals surface area contributed by atoms with E-state index in [1.165, 1.54) is 29.3 Å². The first kappa shape index (κ1) is 70.4. The summed E-state index contributed by atoms with van der Waals surface area (Å²) in [7, 11) is -4.87. The van der Waals surface area contributed by atoms with E-state index in [-0.39, 0.29) is 108 Å². The second kappa shape index (κ2) is 31.9. The van der Waals surface area contributed by atoms with Crippen molar-refractivity contribution >= 4 is 51.3 Å². The van der Waals surface area contributed by atoms with Crippen molar-refractivity contribution in [3.63, 3.8) is 0 Å². The zero-order chi connectivity index (χ0) is 67.7. The molecule has 0 spiro atoms. The van der Waals surface area contributed by atoms with Crippen LogP contribution in [0.15, 0.2) is 120 Å². The van der Waals surface area contributed by atoms with Crippen molar-refractivity contribution in [3.05, 3.63) is 154 Å². The molecule has 29 heteroatoms. The summed E-state index contributed by atoms with van der Waals surface area (Å²) in [6, 6.07) is 26.9. The van der Waals surface area contributed by atoms with Gasteiger partial charge in [0.1, 0.15) is 18.2 Å². The number of benzene rings is 3. The molecule has 1 saturated heterocycles. The predicted octanol–water partition coefficient (Wildman–Crippen LogP) is 8.66. The Labute approximate surface area is 542 Å². The fourth-order valence-electron chi connectivity index (χ4n) is 11.0. The predicted molar refractivity (Wildman–Crippen MR) is 339 cm³/mol.